The quantitative estimate of drug-likeness (QED) is 0.399. The molecule has 7 nitrogen and oxygen atoms in total. The van der Waals surface area contributed by atoms with Gasteiger partial charge in [0.15, 0.2) is 0 Å². The van der Waals surface area contributed by atoms with E-state index in [0.717, 1.165) is 23.8 Å². The van der Waals surface area contributed by atoms with Crippen LogP contribution in [-0.4, -0.2) is 47.1 Å². The Morgan fingerprint density at radius 1 is 1.14 bits per heavy atom. The van der Waals surface area contributed by atoms with Gasteiger partial charge in [-0.15, -0.1) is 0 Å². The first-order valence-corrected chi connectivity index (χ1v) is 8.13. The minimum absolute atomic E-state index is 0.196. The average molecular weight is 410 g/mol. The number of aliphatic hydroxyl groups is 1. The summed E-state index contributed by atoms with van der Waals surface area (Å²) >= 11 is 0. The fourth-order valence-electron chi connectivity index (χ4n) is 2.10. The van der Waals surface area contributed by atoms with Gasteiger partial charge in [0.1, 0.15) is 17.1 Å². The number of hydrogen-bond donors (Lipinski definition) is 3. The number of nitrogens with one attached hydrogen (secondary N) is 1. The zero-order chi connectivity index (χ0) is 21.8. The lowest BCUT2D eigenvalue weighted by Crippen LogP contribution is -2.52. The second-order valence-corrected chi connectivity index (χ2v) is 6.10. The number of hydrogen-bond acceptors (Lipinski definition) is 6. The predicted octanol–water partition coefficient (Wildman–Crippen LogP) is 2.91. The van der Waals surface area contributed by atoms with Gasteiger partial charge in [-0.1, -0.05) is 0 Å². The fourth-order valence-corrected chi connectivity index (χ4v) is 2.10. The third-order valence-corrected chi connectivity index (χ3v) is 3.84. The van der Waals surface area contributed by atoms with Crippen molar-refractivity contribution in [1.82, 2.24) is 0 Å². The molecule has 2 aromatic carbocycles. The van der Waals surface area contributed by atoms with Crippen LogP contribution in [-0.2, 0) is 4.79 Å². The summed E-state index contributed by atoms with van der Waals surface area (Å²) in [5.74, 6) is -3.09. The zero-order valence-corrected chi connectivity index (χ0v) is 15.3. The first kappa shape index (κ1) is 21.9. The van der Waals surface area contributed by atoms with Crippen LogP contribution in [0.25, 0.3) is 0 Å². The number of phenols is 1. The van der Waals surface area contributed by atoms with Crippen LogP contribution in [0.4, 0.5) is 18.9 Å². The number of halogens is 3. The van der Waals surface area contributed by atoms with Crippen LogP contribution in [0.2, 0.25) is 0 Å². The molecule has 1 amide bonds. The Bertz CT molecular complexity index is 938. The van der Waals surface area contributed by atoms with E-state index in [9.17, 15) is 33.0 Å². The normalized spacial score (nSPS) is 13.7. The number of nitrogens with zero attached hydrogens (tertiary/aromatic N) is 1. The lowest BCUT2D eigenvalue weighted by Gasteiger charge is -2.24. The van der Waals surface area contributed by atoms with Gasteiger partial charge in [0, 0.05) is 25.0 Å². The minimum atomic E-state index is -5.19. The lowest BCUT2D eigenvalue weighted by molar-refractivity contribution is -0.242. The van der Waals surface area contributed by atoms with Crippen molar-refractivity contribution in [3.05, 3.63) is 53.6 Å². The molecule has 0 saturated heterocycles. The summed E-state index contributed by atoms with van der Waals surface area (Å²) in [6, 6.07) is 9.35. The highest BCUT2D eigenvalue weighted by Crippen LogP contribution is 2.32. The monoisotopic (exact) mass is 410 g/mol. The van der Waals surface area contributed by atoms with E-state index in [2.05, 4.69) is 4.99 Å². The molecule has 0 spiro atoms. The molecule has 0 aromatic heterocycles. The second kappa shape index (κ2) is 8.31. The van der Waals surface area contributed by atoms with Gasteiger partial charge in [0.05, 0.1) is 0 Å². The number of aromatic hydroxyl groups is 1. The molecule has 0 aliphatic rings. The maximum absolute atomic E-state index is 12.7. The number of phenolic OH excluding ortho intramolecular Hbond substituents is 1. The van der Waals surface area contributed by atoms with Crippen molar-refractivity contribution in [2.45, 2.75) is 18.7 Å². The Labute approximate surface area is 163 Å². The van der Waals surface area contributed by atoms with Gasteiger partial charge in [0.25, 0.3) is 5.91 Å². The summed E-state index contributed by atoms with van der Waals surface area (Å²) in [7, 11) is 1.60. The molecule has 0 aliphatic heterocycles. The van der Waals surface area contributed by atoms with Crippen molar-refractivity contribution < 1.29 is 37.7 Å². The SMILES string of the molecule is CN=Cc1ccc(OC(=O)c2ccc(NC(=O)C(C)(O)C(F)(F)F)cc2O)cc1. The number of ether oxygens (including phenoxy) is 1. The van der Waals surface area contributed by atoms with Gasteiger partial charge in [-0.2, -0.15) is 13.2 Å². The maximum atomic E-state index is 12.7. The number of esters is 1. The molecule has 2 aromatic rings. The number of carbonyl (C=O) groups is 2. The van der Waals surface area contributed by atoms with Crippen LogP contribution in [0, 0.1) is 0 Å². The Hall–Kier alpha value is -3.40. The van der Waals surface area contributed by atoms with E-state index in [1.807, 2.05) is 5.32 Å². The highest BCUT2D eigenvalue weighted by Gasteiger charge is 2.55. The second-order valence-electron chi connectivity index (χ2n) is 6.10. The summed E-state index contributed by atoms with van der Waals surface area (Å²) in [6.07, 6.45) is -3.60. The molecule has 10 heteroatoms. The molecular formula is C19H17F3N2O5. The van der Waals surface area contributed by atoms with Crippen molar-refractivity contribution in [3.63, 3.8) is 0 Å². The van der Waals surface area contributed by atoms with Gasteiger partial charge in [0.2, 0.25) is 5.60 Å². The Kier molecular flexibility index (Phi) is 6.28. The Morgan fingerprint density at radius 2 is 1.76 bits per heavy atom. The van der Waals surface area contributed by atoms with Crippen LogP contribution >= 0.6 is 0 Å². The van der Waals surface area contributed by atoms with Gasteiger partial charge >= 0.3 is 12.1 Å². The van der Waals surface area contributed by atoms with E-state index < -0.39 is 29.4 Å². The summed E-state index contributed by atoms with van der Waals surface area (Å²) in [5, 5.41) is 21.1. The molecular weight excluding hydrogens is 393 g/mol. The van der Waals surface area contributed by atoms with E-state index in [4.69, 9.17) is 4.74 Å². The van der Waals surface area contributed by atoms with Crippen LogP contribution < -0.4 is 10.1 Å². The van der Waals surface area contributed by atoms with Crippen molar-refractivity contribution >= 4 is 23.8 Å². The van der Waals surface area contributed by atoms with E-state index in [1.165, 1.54) is 12.1 Å². The molecule has 0 bridgehead atoms. The number of alkyl halides is 3. The Morgan fingerprint density at radius 3 is 2.28 bits per heavy atom. The van der Waals surface area contributed by atoms with Gasteiger partial charge in [-0.25, -0.2) is 4.79 Å². The summed E-state index contributed by atoms with van der Waals surface area (Å²) in [6.45, 7) is 0.297. The van der Waals surface area contributed by atoms with E-state index in [0.29, 0.717) is 6.92 Å². The largest absolute Gasteiger partial charge is 0.507 e. The van der Waals surface area contributed by atoms with Gasteiger partial charge < -0.3 is 20.3 Å². The zero-order valence-electron chi connectivity index (χ0n) is 15.3. The lowest BCUT2D eigenvalue weighted by atomic mass is 10.1. The minimum Gasteiger partial charge on any atom is -0.507 e. The number of anilines is 1. The molecule has 154 valence electrons. The van der Waals surface area contributed by atoms with Crippen molar-refractivity contribution in [1.29, 1.82) is 0 Å². The predicted molar refractivity (Wildman–Crippen MR) is 98.3 cm³/mol. The number of rotatable bonds is 5. The van der Waals surface area contributed by atoms with Crippen LogP contribution in [0.5, 0.6) is 11.5 Å². The molecule has 0 heterocycles. The van der Waals surface area contributed by atoms with Gasteiger partial charge in [-0.3, -0.25) is 9.79 Å². The molecule has 2 rings (SSSR count). The average Bonchev–Trinajstić information content (AvgIpc) is 2.62. The van der Waals surface area contributed by atoms with Crippen molar-refractivity contribution in [3.8, 4) is 11.5 Å². The number of amides is 1. The molecule has 0 fully saturated rings. The van der Waals surface area contributed by atoms with Crippen LogP contribution in [0.3, 0.4) is 0 Å². The van der Waals surface area contributed by atoms with Crippen LogP contribution in [0.15, 0.2) is 47.5 Å². The van der Waals surface area contributed by atoms with Crippen molar-refractivity contribution in [2.75, 3.05) is 12.4 Å². The highest BCUT2D eigenvalue weighted by molar-refractivity contribution is 5.99. The molecule has 0 aliphatic carbocycles. The summed E-state index contributed by atoms with van der Waals surface area (Å²) in [5.41, 5.74) is -3.37. The van der Waals surface area contributed by atoms with Crippen LogP contribution in [0.1, 0.15) is 22.8 Å². The number of carbonyl (C=O) groups excluding carboxylic acids is 2. The Balaban J connectivity index is 2.12. The van der Waals surface area contributed by atoms with Gasteiger partial charge in [-0.05, 0) is 48.9 Å². The van der Waals surface area contributed by atoms with E-state index >= 15 is 0 Å². The first-order chi connectivity index (χ1) is 13.5. The molecule has 1 atom stereocenters. The summed E-state index contributed by atoms with van der Waals surface area (Å²) < 4.78 is 43.2. The molecule has 0 radical (unpaired) electrons. The third kappa shape index (κ3) is 5.11. The third-order valence-electron chi connectivity index (χ3n) is 3.84. The summed E-state index contributed by atoms with van der Waals surface area (Å²) in [4.78, 5) is 27.7. The smallest absolute Gasteiger partial charge is 0.426 e. The first-order valence-electron chi connectivity index (χ1n) is 8.13. The van der Waals surface area contributed by atoms with E-state index in [-0.39, 0.29) is 17.0 Å². The van der Waals surface area contributed by atoms with Crippen molar-refractivity contribution in [2.24, 2.45) is 4.99 Å². The molecule has 3 N–H and O–H groups in total. The standard InChI is InChI=1S/C19H17F3N2O5/c1-18(28,19(20,21)22)17(27)24-12-5-8-14(15(25)9-12)16(26)29-13-6-3-11(4-7-13)10-23-2/h3-10,25,28H,1-2H3,(H,24,27). The number of aliphatic imine (C=N–C) groups is 1. The number of benzene rings is 2. The van der Waals surface area contributed by atoms with E-state index in [1.54, 1.807) is 25.4 Å². The topological polar surface area (TPSA) is 108 Å². The molecule has 29 heavy (non-hydrogen) atoms. The fraction of sp³-hybridized carbons (Fsp3) is 0.211. The maximum Gasteiger partial charge on any atom is 0.426 e. The molecule has 1 unspecified atom stereocenters. The highest BCUT2D eigenvalue weighted by atomic mass is 19.4. The molecule has 0 saturated carbocycles.